The fraction of sp³-hybridized carbons (Fsp3) is 0.615. The third-order valence-electron chi connectivity index (χ3n) is 3.85. The van der Waals surface area contributed by atoms with E-state index in [2.05, 4.69) is 11.1 Å². The minimum Gasteiger partial charge on any atom is -0.480 e. The number of rotatable bonds is 3. The summed E-state index contributed by atoms with van der Waals surface area (Å²) in [5.74, 6) is -0.956. The number of H-pyrrole nitrogens is 1. The first kappa shape index (κ1) is 12.2. The Hall–Kier alpha value is -1.29. The summed E-state index contributed by atoms with van der Waals surface area (Å²) in [6.45, 7) is 3.76. The number of nitrogens with two attached hydrogens (primary N) is 1. The molecule has 94 valence electrons. The van der Waals surface area contributed by atoms with Gasteiger partial charge in [-0.15, -0.1) is 0 Å². The second-order valence-corrected chi connectivity index (χ2v) is 5.43. The average molecular weight is 236 g/mol. The second-order valence-electron chi connectivity index (χ2n) is 5.43. The zero-order chi connectivity index (χ0) is 12.6. The number of aliphatic carboxylic acids is 1. The van der Waals surface area contributed by atoms with Crippen LogP contribution in [0.25, 0.3) is 0 Å². The van der Waals surface area contributed by atoms with Crippen molar-refractivity contribution in [3.05, 3.63) is 23.0 Å². The monoisotopic (exact) mass is 236 g/mol. The summed E-state index contributed by atoms with van der Waals surface area (Å²) >= 11 is 0. The van der Waals surface area contributed by atoms with Gasteiger partial charge in [0, 0.05) is 16.8 Å². The highest BCUT2D eigenvalue weighted by atomic mass is 16.4. The van der Waals surface area contributed by atoms with Gasteiger partial charge < -0.3 is 15.8 Å². The van der Waals surface area contributed by atoms with E-state index < -0.39 is 17.4 Å². The van der Waals surface area contributed by atoms with Gasteiger partial charge in [-0.25, -0.2) is 0 Å². The first-order valence-electron chi connectivity index (χ1n) is 6.12. The summed E-state index contributed by atoms with van der Waals surface area (Å²) in [7, 11) is 0. The molecule has 1 heterocycles. The van der Waals surface area contributed by atoms with Crippen LogP contribution in [0.4, 0.5) is 0 Å². The molecule has 0 saturated carbocycles. The van der Waals surface area contributed by atoms with Crippen molar-refractivity contribution in [2.24, 2.45) is 5.73 Å². The van der Waals surface area contributed by atoms with Gasteiger partial charge in [-0.3, -0.25) is 4.79 Å². The SMILES string of the molecule is CC(C)(c1cc2c([nH]1)CCCC2)C(N)C(=O)O. The minimum absolute atomic E-state index is 0.566. The van der Waals surface area contributed by atoms with Gasteiger partial charge in [-0.05, 0) is 37.3 Å². The fourth-order valence-electron chi connectivity index (χ4n) is 2.43. The number of carboxylic acid groups (broad SMARTS) is 1. The first-order valence-corrected chi connectivity index (χ1v) is 6.12. The minimum atomic E-state index is -0.956. The van der Waals surface area contributed by atoms with E-state index in [1.54, 1.807) is 0 Å². The summed E-state index contributed by atoms with van der Waals surface area (Å²) in [4.78, 5) is 14.4. The lowest BCUT2D eigenvalue weighted by Gasteiger charge is -2.27. The summed E-state index contributed by atoms with van der Waals surface area (Å²) < 4.78 is 0. The van der Waals surface area contributed by atoms with Gasteiger partial charge in [0.1, 0.15) is 6.04 Å². The number of fused-ring (bicyclic) bond motifs is 1. The summed E-state index contributed by atoms with van der Waals surface area (Å²) in [5, 5.41) is 9.04. The molecule has 1 aromatic heterocycles. The van der Waals surface area contributed by atoms with Gasteiger partial charge in [0.15, 0.2) is 0 Å². The second kappa shape index (κ2) is 4.18. The Balaban J connectivity index is 2.33. The molecule has 1 aliphatic carbocycles. The van der Waals surface area contributed by atoms with Crippen molar-refractivity contribution in [3.8, 4) is 0 Å². The van der Waals surface area contributed by atoms with Crippen molar-refractivity contribution < 1.29 is 9.90 Å². The molecule has 0 bridgehead atoms. The van der Waals surface area contributed by atoms with Crippen LogP contribution in [0.2, 0.25) is 0 Å². The molecular formula is C13H20N2O2. The molecule has 0 amide bonds. The van der Waals surface area contributed by atoms with Gasteiger partial charge in [-0.1, -0.05) is 13.8 Å². The zero-order valence-corrected chi connectivity index (χ0v) is 10.4. The Morgan fingerprint density at radius 3 is 2.71 bits per heavy atom. The standard InChI is InChI=1S/C13H20N2O2/c1-13(2,11(14)12(16)17)10-7-8-5-3-4-6-9(8)15-10/h7,11,15H,3-6,14H2,1-2H3,(H,16,17). The van der Waals surface area contributed by atoms with Crippen molar-refractivity contribution in [2.75, 3.05) is 0 Å². The van der Waals surface area contributed by atoms with Crippen LogP contribution >= 0.6 is 0 Å². The Kier molecular flexibility index (Phi) is 3.00. The number of nitrogens with one attached hydrogen (secondary N) is 1. The molecule has 4 N–H and O–H groups in total. The van der Waals surface area contributed by atoms with E-state index in [0.29, 0.717) is 0 Å². The number of aromatic amines is 1. The number of aromatic nitrogens is 1. The van der Waals surface area contributed by atoms with E-state index in [1.165, 1.54) is 24.1 Å². The van der Waals surface area contributed by atoms with Crippen molar-refractivity contribution in [1.82, 2.24) is 4.98 Å². The number of carbonyl (C=O) groups is 1. The van der Waals surface area contributed by atoms with E-state index in [9.17, 15) is 4.79 Å². The number of aryl methyl sites for hydroxylation is 2. The highest BCUT2D eigenvalue weighted by molar-refractivity contribution is 5.75. The lowest BCUT2D eigenvalue weighted by atomic mass is 9.81. The Morgan fingerprint density at radius 2 is 2.12 bits per heavy atom. The molecule has 4 heteroatoms. The molecule has 0 fully saturated rings. The Morgan fingerprint density at radius 1 is 1.47 bits per heavy atom. The van der Waals surface area contributed by atoms with Crippen LogP contribution in [0, 0.1) is 0 Å². The number of hydrogen-bond donors (Lipinski definition) is 3. The first-order chi connectivity index (χ1) is 7.93. The van der Waals surface area contributed by atoms with Crippen LogP contribution in [0.15, 0.2) is 6.07 Å². The van der Waals surface area contributed by atoms with E-state index in [1.807, 2.05) is 13.8 Å². The molecule has 1 atom stereocenters. The largest absolute Gasteiger partial charge is 0.480 e. The molecule has 1 aliphatic rings. The van der Waals surface area contributed by atoms with E-state index in [4.69, 9.17) is 10.8 Å². The van der Waals surface area contributed by atoms with Crippen LogP contribution in [-0.2, 0) is 23.1 Å². The van der Waals surface area contributed by atoms with E-state index in [0.717, 1.165) is 18.5 Å². The van der Waals surface area contributed by atoms with Crippen LogP contribution in [0.3, 0.4) is 0 Å². The predicted molar refractivity (Wildman–Crippen MR) is 66.1 cm³/mol. The van der Waals surface area contributed by atoms with E-state index in [-0.39, 0.29) is 0 Å². The lowest BCUT2D eigenvalue weighted by molar-refractivity contribution is -0.140. The van der Waals surface area contributed by atoms with Crippen LogP contribution in [0.1, 0.15) is 43.6 Å². The lowest BCUT2D eigenvalue weighted by Crippen LogP contribution is -2.47. The summed E-state index contributed by atoms with van der Waals surface area (Å²) in [6.07, 6.45) is 4.58. The van der Waals surface area contributed by atoms with Crippen molar-refractivity contribution in [2.45, 2.75) is 51.0 Å². The normalized spacial score (nSPS) is 17.6. The maximum Gasteiger partial charge on any atom is 0.321 e. The Bertz CT molecular complexity index is 411. The highest BCUT2D eigenvalue weighted by Gasteiger charge is 2.35. The zero-order valence-electron chi connectivity index (χ0n) is 10.4. The highest BCUT2D eigenvalue weighted by Crippen LogP contribution is 2.30. The Labute approximate surface area is 101 Å². The number of carboxylic acids is 1. The van der Waals surface area contributed by atoms with Gasteiger partial charge >= 0.3 is 5.97 Å². The number of hydrogen-bond acceptors (Lipinski definition) is 2. The third-order valence-corrected chi connectivity index (χ3v) is 3.85. The fourth-order valence-corrected chi connectivity index (χ4v) is 2.43. The topological polar surface area (TPSA) is 79.1 Å². The molecule has 2 rings (SSSR count). The van der Waals surface area contributed by atoms with Crippen molar-refractivity contribution in [1.29, 1.82) is 0 Å². The van der Waals surface area contributed by atoms with Crippen molar-refractivity contribution >= 4 is 5.97 Å². The molecule has 17 heavy (non-hydrogen) atoms. The molecule has 1 aromatic rings. The smallest absolute Gasteiger partial charge is 0.321 e. The van der Waals surface area contributed by atoms with Gasteiger partial charge in [0.2, 0.25) is 0 Å². The summed E-state index contributed by atoms with van der Waals surface area (Å²) in [6, 6.07) is 1.21. The molecule has 0 aromatic carbocycles. The van der Waals surface area contributed by atoms with Crippen LogP contribution in [-0.4, -0.2) is 22.1 Å². The molecule has 0 spiro atoms. The molecule has 0 radical (unpaired) electrons. The van der Waals surface area contributed by atoms with Crippen LogP contribution in [0.5, 0.6) is 0 Å². The third kappa shape index (κ3) is 2.09. The summed E-state index contributed by atoms with van der Waals surface area (Å²) in [5.41, 5.74) is 8.73. The molecule has 0 aliphatic heterocycles. The quantitative estimate of drug-likeness (QED) is 0.745. The predicted octanol–water partition coefficient (Wildman–Crippen LogP) is 1.58. The molecule has 1 unspecified atom stereocenters. The molecular weight excluding hydrogens is 216 g/mol. The average Bonchev–Trinajstić information content (AvgIpc) is 2.71. The van der Waals surface area contributed by atoms with Crippen molar-refractivity contribution in [3.63, 3.8) is 0 Å². The van der Waals surface area contributed by atoms with Gasteiger partial charge in [0.05, 0.1) is 0 Å². The maximum atomic E-state index is 11.0. The van der Waals surface area contributed by atoms with Crippen LogP contribution < -0.4 is 5.73 Å². The molecule has 4 nitrogen and oxygen atoms in total. The van der Waals surface area contributed by atoms with Gasteiger partial charge in [-0.2, -0.15) is 0 Å². The molecule has 0 saturated heterocycles. The van der Waals surface area contributed by atoms with Gasteiger partial charge in [0.25, 0.3) is 0 Å². The maximum absolute atomic E-state index is 11.0. The van der Waals surface area contributed by atoms with E-state index >= 15 is 0 Å².